The summed E-state index contributed by atoms with van der Waals surface area (Å²) in [5.41, 5.74) is 0.469. The summed E-state index contributed by atoms with van der Waals surface area (Å²) in [4.78, 5) is 12.0. The number of alkyl halides is 2. The number of nitrogens with zero attached hydrogens (tertiary/aromatic N) is 2. The number of carbonyl (C=O) groups excluding carboxylic acids is 1. The van der Waals surface area contributed by atoms with Gasteiger partial charge >= 0.3 is 0 Å². The van der Waals surface area contributed by atoms with E-state index in [2.05, 4.69) is 15.7 Å². The highest BCUT2D eigenvalue weighted by Gasteiger charge is 2.24. The van der Waals surface area contributed by atoms with Gasteiger partial charge < -0.3 is 10.6 Å². The summed E-state index contributed by atoms with van der Waals surface area (Å²) in [5, 5.41) is 9.79. The van der Waals surface area contributed by atoms with Crippen molar-refractivity contribution < 1.29 is 13.6 Å². The van der Waals surface area contributed by atoms with E-state index >= 15 is 0 Å². The van der Waals surface area contributed by atoms with E-state index < -0.39 is 13.0 Å². The maximum absolute atomic E-state index is 12.2. The van der Waals surface area contributed by atoms with E-state index in [4.69, 9.17) is 0 Å². The van der Waals surface area contributed by atoms with Crippen LogP contribution in [0.1, 0.15) is 19.8 Å². The summed E-state index contributed by atoms with van der Waals surface area (Å²) in [6.45, 7) is 2.41. The van der Waals surface area contributed by atoms with Crippen molar-refractivity contribution >= 4 is 11.6 Å². The number of carbonyl (C=O) groups is 1. The Bertz CT molecular complexity index is 435. The van der Waals surface area contributed by atoms with E-state index in [-0.39, 0.29) is 11.8 Å². The number of anilines is 1. The van der Waals surface area contributed by atoms with Gasteiger partial charge in [-0.1, -0.05) is 0 Å². The molecule has 2 heterocycles. The van der Waals surface area contributed by atoms with Crippen molar-refractivity contribution in [1.29, 1.82) is 0 Å². The zero-order valence-corrected chi connectivity index (χ0v) is 10.8. The van der Waals surface area contributed by atoms with Crippen LogP contribution in [0, 0.1) is 5.92 Å². The van der Waals surface area contributed by atoms with Gasteiger partial charge in [0.2, 0.25) is 5.91 Å². The fourth-order valence-corrected chi connectivity index (χ4v) is 2.28. The zero-order valence-electron chi connectivity index (χ0n) is 10.8. The maximum atomic E-state index is 12.2. The van der Waals surface area contributed by atoms with Crippen LogP contribution in [-0.4, -0.2) is 34.7 Å². The zero-order chi connectivity index (χ0) is 13.8. The molecule has 7 heteroatoms. The molecule has 0 saturated carbocycles. The number of halogens is 2. The van der Waals surface area contributed by atoms with Crippen molar-refractivity contribution in [2.24, 2.45) is 5.92 Å². The molecule has 0 spiro atoms. The van der Waals surface area contributed by atoms with Crippen LogP contribution in [0.2, 0.25) is 0 Å². The van der Waals surface area contributed by atoms with Crippen LogP contribution < -0.4 is 10.6 Å². The molecular formula is C12H18F2N4O. The monoisotopic (exact) mass is 272 g/mol. The van der Waals surface area contributed by atoms with E-state index in [1.165, 1.54) is 12.4 Å². The van der Waals surface area contributed by atoms with Crippen LogP contribution in [0.3, 0.4) is 0 Å². The first kappa shape index (κ1) is 13.9. The second-order valence-corrected chi connectivity index (χ2v) is 4.91. The number of nitrogens with one attached hydrogen (secondary N) is 2. The number of piperidine rings is 1. The van der Waals surface area contributed by atoms with Gasteiger partial charge in [0.25, 0.3) is 6.43 Å². The van der Waals surface area contributed by atoms with Crippen LogP contribution in [0.25, 0.3) is 0 Å². The smallest absolute Gasteiger partial charge is 0.257 e. The summed E-state index contributed by atoms with van der Waals surface area (Å²) >= 11 is 0. The third kappa shape index (κ3) is 3.99. The minimum atomic E-state index is -2.45. The van der Waals surface area contributed by atoms with Crippen LogP contribution in [-0.2, 0) is 11.3 Å². The first-order valence-electron chi connectivity index (χ1n) is 6.39. The molecule has 0 radical (unpaired) electrons. The maximum Gasteiger partial charge on any atom is 0.257 e. The second-order valence-electron chi connectivity index (χ2n) is 4.91. The fraction of sp³-hybridized carbons (Fsp3) is 0.667. The second kappa shape index (κ2) is 6.10. The lowest BCUT2D eigenvalue weighted by Crippen LogP contribution is -2.40. The first-order valence-corrected chi connectivity index (χ1v) is 6.39. The molecule has 19 heavy (non-hydrogen) atoms. The fourth-order valence-electron chi connectivity index (χ4n) is 2.28. The van der Waals surface area contributed by atoms with Crippen molar-refractivity contribution in [2.45, 2.75) is 38.8 Å². The van der Waals surface area contributed by atoms with Crippen LogP contribution in [0.5, 0.6) is 0 Å². The largest absolute Gasteiger partial charge is 0.323 e. The summed E-state index contributed by atoms with van der Waals surface area (Å²) in [7, 11) is 0. The third-order valence-electron chi connectivity index (χ3n) is 3.22. The molecule has 0 aliphatic carbocycles. The molecule has 1 aromatic rings. The van der Waals surface area contributed by atoms with Crippen molar-refractivity contribution in [1.82, 2.24) is 15.1 Å². The Morgan fingerprint density at radius 1 is 1.68 bits per heavy atom. The topological polar surface area (TPSA) is 59.0 Å². The number of aromatic nitrogens is 2. The van der Waals surface area contributed by atoms with Crippen LogP contribution >= 0.6 is 0 Å². The number of hydrogen-bond donors (Lipinski definition) is 2. The van der Waals surface area contributed by atoms with E-state index in [0.29, 0.717) is 11.7 Å². The predicted octanol–water partition coefficient (Wildman–Crippen LogP) is 1.47. The Morgan fingerprint density at radius 2 is 2.47 bits per heavy atom. The van der Waals surface area contributed by atoms with Crippen molar-refractivity contribution in [3.8, 4) is 0 Å². The molecule has 1 aliphatic heterocycles. The molecule has 5 nitrogen and oxygen atoms in total. The average molecular weight is 272 g/mol. The van der Waals surface area contributed by atoms with E-state index in [1.54, 1.807) is 0 Å². The molecular weight excluding hydrogens is 254 g/mol. The quantitative estimate of drug-likeness (QED) is 0.872. The SMILES string of the molecule is C[C@H]1C[C@@H](C(=O)Nc2cnn(CC(F)F)c2)CCN1. The van der Waals surface area contributed by atoms with Gasteiger partial charge in [-0.3, -0.25) is 9.48 Å². The van der Waals surface area contributed by atoms with Gasteiger partial charge in [0.15, 0.2) is 0 Å². The Hall–Kier alpha value is -1.50. The van der Waals surface area contributed by atoms with E-state index in [0.717, 1.165) is 24.1 Å². The molecule has 2 atom stereocenters. The van der Waals surface area contributed by atoms with Crippen LogP contribution in [0.15, 0.2) is 12.4 Å². The first-order chi connectivity index (χ1) is 9.04. The molecule has 1 amide bonds. The summed E-state index contributed by atoms with van der Waals surface area (Å²) in [6.07, 6.45) is 1.95. The average Bonchev–Trinajstić information content (AvgIpc) is 2.75. The van der Waals surface area contributed by atoms with Gasteiger partial charge in [0, 0.05) is 18.2 Å². The minimum absolute atomic E-state index is 0.0327. The molecule has 1 aliphatic rings. The van der Waals surface area contributed by atoms with Gasteiger partial charge in [-0.25, -0.2) is 8.78 Å². The van der Waals surface area contributed by atoms with Crippen LogP contribution in [0.4, 0.5) is 14.5 Å². The van der Waals surface area contributed by atoms with E-state index in [9.17, 15) is 13.6 Å². The standard InChI is InChI=1S/C12H18F2N4O/c1-8-4-9(2-3-15-8)12(19)17-10-5-16-18(6-10)7-11(13)14/h5-6,8-9,11,15H,2-4,7H2,1H3,(H,17,19)/t8-,9-/m0/s1. The Balaban J connectivity index is 1.89. The number of hydrogen-bond acceptors (Lipinski definition) is 3. The lowest BCUT2D eigenvalue weighted by molar-refractivity contribution is -0.120. The van der Waals surface area contributed by atoms with Gasteiger partial charge in [0.1, 0.15) is 6.54 Å². The molecule has 2 N–H and O–H groups in total. The van der Waals surface area contributed by atoms with Gasteiger partial charge in [-0.15, -0.1) is 0 Å². The van der Waals surface area contributed by atoms with Gasteiger partial charge in [-0.2, -0.15) is 5.10 Å². The third-order valence-corrected chi connectivity index (χ3v) is 3.22. The lowest BCUT2D eigenvalue weighted by Gasteiger charge is -2.26. The van der Waals surface area contributed by atoms with Gasteiger partial charge in [0.05, 0.1) is 11.9 Å². The summed E-state index contributed by atoms with van der Waals surface area (Å²) in [6, 6.07) is 0.325. The molecule has 1 aromatic heterocycles. The predicted molar refractivity (Wildman–Crippen MR) is 67.0 cm³/mol. The Morgan fingerprint density at radius 3 is 3.16 bits per heavy atom. The highest BCUT2D eigenvalue weighted by Crippen LogP contribution is 2.18. The highest BCUT2D eigenvalue weighted by molar-refractivity contribution is 5.92. The summed E-state index contributed by atoms with van der Waals surface area (Å²) < 4.78 is 25.5. The van der Waals surface area contributed by atoms with Crippen molar-refractivity contribution in [2.75, 3.05) is 11.9 Å². The van der Waals surface area contributed by atoms with Crippen molar-refractivity contribution in [3.05, 3.63) is 12.4 Å². The molecule has 0 bridgehead atoms. The Labute approximate surface area is 110 Å². The minimum Gasteiger partial charge on any atom is -0.323 e. The molecule has 2 rings (SSSR count). The lowest BCUT2D eigenvalue weighted by atomic mass is 9.92. The number of amides is 1. The van der Waals surface area contributed by atoms with Gasteiger partial charge in [-0.05, 0) is 26.3 Å². The normalized spacial score (nSPS) is 23.6. The molecule has 1 fully saturated rings. The summed E-state index contributed by atoms with van der Waals surface area (Å²) in [5.74, 6) is -0.0976. The highest BCUT2D eigenvalue weighted by atomic mass is 19.3. The molecule has 1 saturated heterocycles. The Kier molecular flexibility index (Phi) is 4.47. The molecule has 106 valence electrons. The van der Waals surface area contributed by atoms with E-state index in [1.807, 2.05) is 6.92 Å². The molecule has 0 unspecified atom stereocenters. The van der Waals surface area contributed by atoms with Crippen molar-refractivity contribution in [3.63, 3.8) is 0 Å². The molecule has 0 aromatic carbocycles. The number of rotatable bonds is 4.